The topological polar surface area (TPSA) is 33.1 Å². The molecule has 2 aromatic carbocycles. The molecule has 0 aliphatic carbocycles. The third-order valence-corrected chi connectivity index (χ3v) is 3.54. The lowest BCUT2D eigenvalue weighted by atomic mass is 10.2. The van der Waals surface area contributed by atoms with Crippen molar-refractivity contribution in [3.05, 3.63) is 71.8 Å². The molecule has 0 heterocycles. The van der Waals surface area contributed by atoms with Crippen molar-refractivity contribution in [2.45, 2.75) is 12.4 Å². The number of hydrogen-bond acceptors (Lipinski definition) is 3. The van der Waals surface area contributed by atoms with Gasteiger partial charge in [-0.1, -0.05) is 60.7 Å². The fourth-order valence-corrected chi connectivity index (χ4v) is 2.32. The monoisotopic (exact) mass is 271 g/mol. The van der Waals surface area contributed by atoms with Crippen molar-refractivity contribution in [2.75, 3.05) is 6.61 Å². The molecule has 2 aromatic rings. The van der Waals surface area contributed by atoms with Gasteiger partial charge in [-0.2, -0.15) is 0 Å². The molecule has 1 N–H and O–H groups in total. The minimum Gasteiger partial charge on any atom is -0.370 e. The van der Waals surface area contributed by atoms with Crippen molar-refractivity contribution in [3.63, 3.8) is 0 Å². The van der Waals surface area contributed by atoms with Crippen molar-refractivity contribution in [1.82, 2.24) is 0 Å². The highest BCUT2D eigenvalue weighted by atomic mass is 32.2. The second-order valence-corrected chi connectivity index (χ2v) is 5.25. The highest BCUT2D eigenvalue weighted by Crippen LogP contribution is 2.13. The summed E-state index contributed by atoms with van der Waals surface area (Å²) in [5, 5.41) is 8.41. The molecule has 0 fully saturated rings. The Morgan fingerprint density at radius 1 is 0.895 bits per heavy atom. The number of hydrogen-bond donors (Lipinski definition) is 1. The number of ether oxygens (including phenoxy) is 1. The van der Waals surface area contributed by atoms with Crippen molar-refractivity contribution in [1.29, 1.82) is 5.41 Å². The molecule has 19 heavy (non-hydrogen) atoms. The Balaban J connectivity index is 1.65. The summed E-state index contributed by atoms with van der Waals surface area (Å²) in [5.74, 6) is 0.828. The van der Waals surface area contributed by atoms with Gasteiger partial charge in [-0.15, -0.1) is 11.8 Å². The smallest absolute Gasteiger partial charge is 0.0946 e. The lowest BCUT2D eigenvalue weighted by molar-refractivity contribution is 0.159. The first-order valence-electron chi connectivity index (χ1n) is 6.20. The van der Waals surface area contributed by atoms with E-state index in [0.29, 0.717) is 18.3 Å². The minimum atomic E-state index is 0.381. The fraction of sp³-hybridized carbons (Fsp3) is 0.188. The van der Waals surface area contributed by atoms with Crippen molar-refractivity contribution in [2.24, 2.45) is 0 Å². The lowest BCUT2D eigenvalue weighted by Gasteiger charge is -2.06. The highest BCUT2D eigenvalue weighted by molar-refractivity contribution is 8.13. The molecule has 0 bridgehead atoms. The number of benzene rings is 2. The van der Waals surface area contributed by atoms with Crippen LogP contribution in [0.5, 0.6) is 0 Å². The first kappa shape index (κ1) is 13.8. The Morgan fingerprint density at radius 2 is 1.47 bits per heavy atom. The molecule has 0 aliphatic heterocycles. The van der Waals surface area contributed by atoms with Gasteiger partial charge in [-0.3, -0.25) is 5.41 Å². The Hall–Kier alpha value is -1.58. The summed E-state index contributed by atoms with van der Waals surface area (Å²) in [4.78, 5) is 0. The maximum absolute atomic E-state index is 7.84. The van der Waals surface area contributed by atoms with Crippen molar-refractivity contribution >= 4 is 16.8 Å². The van der Waals surface area contributed by atoms with Gasteiger partial charge in [-0.05, 0) is 11.1 Å². The summed E-state index contributed by atoms with van der Waals surface area (Å²) in [7, 11) is 0. The third-order valence-electron chi connectivity index (χ3n) is 2.60. The largest absolute Gasteiger partial charge is 0.370 e. The molecule has 3 heteroatoms. The van der Waals surface area contributed by atoms with Crippen LogP contribution in [0.2, 0.25) is 0 Å². The van der Waals surface area contributed by atoms with Crippen LogP contribution in [-0.4, -0.2) is 11.7 Å². The summed E-state index contributed by atoms with van der Waals surface area (Å²) < 4.78 is 5.52. The van der Waals surface area contributed by atoms with Crippen LogP contribution in [0.1, 0.15) is 11.1 Å². The predicted octanol–water partition coefficient (Wildman–Crippen LogP) is 4.11. The fourth-order valence-electron chi connectivity index (χ4n) is 1.62. The zero-order chi connectivity index (χ0) is 13.3. The molecule has 0 atom stereocenters. The summed E-state index contributed by atoms with van der Waals surface area (Å²) in [5.41, 5.74) is 2.38. The summed E-state index contributed by atoms with van der Waals surface area (Å²) >= 11 is 1.52. The molecule has 98 valence electrons. The summed E-state index contributed by atoms with van der Waals surface area (Å²) in [6.45, 7) is 0.946. The van der Waals surface area contributed by atoms with E-state index in [0.717, 1.165) is 11.3 Å². The molecule has 0 amide bonds. The van der Waals surface area contributed by atoms with Gasteiger partial charge in [0.2, 0.25) is 0 Å². The predicted molar refractivity (Wildman–Crippen MR) is 81.6 cm³/mol. The number of thioether (sulfide) groups is 1. The van der Waals surface area contributed by atoms with E-state index < -0.39 is 0 Å². The second-order valence-electron chi connectivity index (χ2n) is 4.18. The van der Waals surface area contributed by atoms with Gasteiger partial charge in [0.15, 0.2) is 0 Å². The van der Waals surface area contributed by atoms with E-state index in [9.17, 15) is 0 Å². The first-order chi connectivity index (χ1) is 9.34. The van der Waals surface area contributed by atoms with Gasteiger partial charge >= 0.3 is 0 Å². The van der Waals surface area contributed by atoms with E-state index in [4.69, 9.17) is 10.1 Å². The van der Waals surface area contributed by atoms with Crippen molar-refractivity contribution < 1.29 is 4.74 Å². The zero-order valence-electron chi connectivity index (χ0n) is 10.7. The van der Waals surface area contributed by atoms with Gasteiger partial charge < -0.3 is 4.74 Å². The molecule has 2 nitrogen and oxygen atoms in total. The van der Waals surface area contributed by atoms with Crippen LogP contribution in [0.4, 0.5) is 0 Å². The Morgan fingerprint density at radius 3 is 2.11 bits per heavy atom. The van der Waals surface area contributed by atoms with Gasteiger partial charge in [0.1, 0.15) is 0 Å². The molecular weight excluding hydrogens is 254 g/mol. The van der Waals surface area contributed by atoms with E-state index in [1.807, 2.05) is 48.5 Å². The minimum absolute atomic E-state index is 0.381. The van der Waals surface area contributed by atoms with Crippen LogP contribution in [0.25, 0.3) is 0 Å². The van der Waals surface area contributed by atoms with Crippen molar-refractivity contribution in [3.8, 4) is 0 Å². The van der Waals surface area contributed by atoms with E-state index in [-0.39, 0.29) is 0 Å². The maximum Gasteiger partial charge on any atom is 0.0946 e. The van der Waals surface area contributed by atoms with Gasteiger partial charge in [0.25, 0.3) is 0 Å². The Labute approximate surface area is 118 Å². The molecule has 0 radical (unpaired) electrons. The SMILES string of the molecule is N=C(COCc1ccccc1)SCc1ccccc1. The van der Waals surface area contributed by atoms with E-state index in [2.05, 4.69) is 12.1 Å². The number of rotatable bonds is 6. The Bertz CT molecular complexity index is 499. The summed E-state index contributed by atoms with van der Waals surface area (Å²) in [6, 6.07) is 20.2. The van der Waals surface area contributed by atoms with Gasteiger partial charge in [0, 0.05) is 5.75 Å². The van der Waals surface area contributed by atoms with E-state index in [1.165, 1.54) is 17.3 Å². The average Bonchev–Trinajstić information content (AvgIpc) is 2.47. The van der Waals surface area contributed by atoms with Crippen LogP contribution in [0, 0.1) is 5.41 Å². The highest BCUT2D eigenvalue weighted by Gasteiger charge is 2.00. The molecular formula is C16H17NOS. The first-order valence-corrected chi connectivity index (χ1v) is 7.19. The lowest BCUT2D eigenvalue weighted by Crippen LogP contribution is -2.04. The zero-order valence-corrected chi connectivity index (χ0v) is 11.5. The van der Waals surface area contributed by atoms with Crippen LogP contribution in [0.3, 0.4) is 0 Å². The van der Waals surface area contributed by atoms with E-state index >= 15 is 0 Å². The van der Waals surface area contributed by atoms with Gasteiger partial charge in [0.05, 0.1) is 18.3 Å². The Kier molecular flexibility index (Phi) is 5.66. The average molecular weight is 271 g/mol. The number of nitrogens with one attached hydrogen (secondary N) is 1. The van der Waals surface area contributed by atoms with Crippen LogP contribution < -0.4 is 0 Å². The molecule has 0 saturated heterocycles. The maximum atomic E-state index is 7.84. The molecule has 0 unspecified atom stereocenters. The normalized spacial score (nSPS) is 10.3. The summed E-state index contributed by atoms with van der Waals surface area (Å²) in [6.07, 6.45) is 0. The van der Waals surface area contributed by atoms with E-state index in [1.54, 1.807) is 0 Å². The van der Waals surface area contributed by atoms with Gasteiger partial charge in [-0.25, -0.2) is 0 Å². The van der Waals surface area contributed by atoms with Crippen LogP contribution in [-0.2, 0) is 17.1 Å². The molecule has 2 rings (SSSR count). The van der Waals surface area contributed by atoms with Crippen LogP contribution in [0.15, 0.2) is 60.7 Å². The quantitative estimate of drug-likeness (QED) is 0.633. The standard InChI is InChI=1S/C16H17NOS/c17-16(19-13-15-9-5-2-6-10-15)12-18-11-14-7-3-1-4-8-14/h1-10,17H,11-13H2. The molecule has 0 spiro atoms. The molecule has 0 aliphatic rings. The van der Waals surface area contributed by atoms with Crippen LogP contribution >= 0.6 is 11.8 Å². The second kappa shape index (κ2) is 7.77. The third kappa shape index (κ3) is 5.28. The molecule has 0 aromatic heterocycles. The molecule has 0 saturated carbocycles.